The van der Waals surface area contributed by atoms with Gasteiger partial charge in [0, 0.05) is 17.1 Å². The molecule has 0 radical (unpaired) electrons. The lowest BCUT2D eigenvalue weighted by molar-refractivity contribution is -0.112. The van der Waals surface area contributed by atoms with Gasteiger partial charge in [0.15, 0.2) is 5.82 Å². The zero-order valence-corrected chi connectivity index (χ0v) is 15.0. The van der Waals surface area contributed by atoms with Gasteiger partial charge in [0.05, 0.1) is 17.3 Å². The number of nitrogens with zero attached hydrogens (tertiary/aromatic N) is 4. The zero-order valence-electron chi connectivity index (χ0n) is 15.0. The number of nitrogens with one attached hydrogen (secondary N) is 1. The van der Waals surface area contributed by atoms with Crippen LogP contribution in [0.4, 0.5) is 0 Å². The van der Waals surface area contributed by atoms with E-state index in [4.69, 9.17) is 5.73 Å². The summed E-state index contributed by atoms with van der Waals surface area (Å²) < 4.78 is 1.50. The molecule has 0 unspecified atom stereocenters. The third kappa shape index (κ3) is 3.35. The zero-order chi connectivity index (χ0) is 19.0. The molecule has 0 aliphatic rings. The minimum atomic E-state index is -0.544. The van der Waals surface area contributed by atoms with Gasteiger partial charge in [0.25, 0.3) is 5.91 Å². The Kier molecular flexibility index (Phi) is 4.04. The molecule has 0 spiro atoms. The molecule has 4 aromatic rings. The lowest BCUT2D eigenvalue weighted by Gasteiger charge is -2.04. The van der Waals surface area contributed by atoms with Crippen LogP contribution in [0.3, 0.4) is 0 Å². The van der Waals surface area contributed by atoms with Crippen LogP contribution >= 0.6 is 0 Å². The number of benzene rings is 2. The summed E-state index contributed by atoms with van der Waals surface area (Å²) >= 11 is 0. The number of aromatic amines is 1. The molecule has 0 saturated heterocycles. The highest BCUT2D eigenvalue weighted by atomic mass is 16.1. The van der Waals surface area contributed by atoms with E-state index in [1.54, 1.807) is 18.7 Å². The summed E-state index contributed by atoms with van der Waals surface area (Å²) in [5, 5.41) is 12.3. The second-order valence-corrected chi connectivity index (χ2v) is 6.50. The Morgan fingerprint density at radius 2 is 1.93 bits per heavy atom. The monoisotopic (exact) mass is 358 g/mol. The molecule has 2 heterocycles. The number of hydrogen-bond acceptors (Lipinski definition) is 4. The minimum absolute atomic E-state index is 0.336. The lowest BCUT2D eigenvalue weighted by Crippen LogP contribution is -2.13. The van der Waals surface area contributed by atoms with Crippen molar-refractivity contribution in [2.75, 3.05) is 0 Å². The van der Waals surface area contributed by atoms with E-state index in [2.05, 4.69) is 26.3 Å². The maximum absolute atomic E-state index is 12.0. The number of carbonyl (C=O) groups is 1. The number of rotatable bonds is 4. The van der Waals surface area contributed by atoms with Crippen molar-refractivity contribution < 1.29 is 4.79 Å². The summed E-state index contributed by atoms with van der Waals surface area (Å²) in [5.74, 6) is 0.0446. The highest BCUT2D eigenvalue weighted by Gasteiger charge is 2.12. The van der Waals surface area contributed by atoms with Gasteiger partial charge in [-0.2, -0.15) is 5.10 Å². The normalized spacial score (nSPS) is 11.9. The second-order valence-electron chi connectivity index (χ2n) is 6.50. The summed E-state index contributed by atoms with van der Waals surface area (Å²) in [7, 11) is 0. The van der Waals surface area contributed by atoms with Gasteiger partial charge in [-0.15, -0.1) is 5.10 Å². The molecule has 3 N–H and O–H groups in total. The predicted octanol–water partition coefficient (Wildman–Crippen LogP) is 2.92. The van der Waals surface area contributed by atoms with Gasteiger partial charge in [0.2, 0.25) is 0 Å². The maximum Gasteiger partial charge on any atom is 0.250 e. The first kappa shape index (κ1) is 16.7. The molecular weight excluding hydrogens is 340 g/mol. The largest absolute Gasteiger partial charge is 0.366 e. The van der Waals surface area contributed by atoms with Crippen LogP contribution in [0, 0.1) is 13.8 Å². The number of nitrogens with two attached hydrogens (primary N) is 1. The van der Waals surface area contributed by atoms with Crippen LogP contribution < -0.4 is 5.73 Å². The molecule has 7 heteroatoms. The highest BCUT2D eigenvalue weighted by Crippen LogP contribution is 2.22. The first-order valence-corrected chi connectivity index (χ1v) is 8.44. The molecule has 7 nitrogen and oxygen atoms in total. The smallest absolute Gasteiger partial charge is 0.250 e. The molecular formula is C20H18N6O. The molecule has 27 heavy (non-hydrogen) atoms. The third-order valence-electron chi connectivity index (χ3n) is 4.27. The summed E-state index contributed by atoms with van der Waals surface area (Å²) in [4.78, 5) is 16.4. The van der Waals surface area contributed by atoms with Gasteiger partial charge in [-0.05, 0) is 37.6 Å². The van der Waals surface area contributed by atoms with Crippen LogP contribution in [0.2, 0.25) is 0 Å². The van der Waals surface area contributed by atoms with Gasteiger partial charge in [-0.1, -0.05) is 29.3 Å². The fourth-order valence-electron chi connectivity index (χ4n) is 3.09. The molecule has 1 amide bonds. The molecule has 0 aliphatic heterocycles. The number of carbonyl (C=O) groups excluding carboxylic acids is 1. The van der Waals surface area contributed by atoms with Crippen LogP contribution in [-0.4, -0.2) is 30.9 Å². The summed E-state index contributed by atoms with van der Waals surface area (Å²) in [6.45, 7) is 4.06. The standard InChI is InChI=1S/C20H18N6O/c1-12-5-13(2)7-16(6-12)20-22-11-26(25-20)10-17(19(21)27)14-3-4-15-9-23-24-18(15)8-14/h3-11H,1-2H3,(H2,21,27)(H,23,24). The van der Waals surface area contributed by atoms with E-state index < -0.39 is 5.91 Å². The molecule has 0 atom stereocenters. The van der Waals surface area contributed by atoms with Crippen LogP contribution in [0.25, 0.3) is 34.1 Å². The van der Waals surface area contributed by atoms with E-state index in [-0.39, 0.29) is 0 Å². The van der Waals surface area contributed by atoms with Crippen molar-refractivity contribution in [3.63, 3.8) is 0 Å². The Labute approximate surface area is 155 Å². The Bertz CT molecular complexity index is 1160. The Hall–Kier alpha value is -3.74. The molecule has 2 aromatic carbocycles. The minimum Gasteiger partial charge on any atom is -0.366 e. The van der Waals surface area contributed by atoms with Crippen molar-refractivity contribution in [1.29, 1.82) is 0 Å². The van der Waals surface area contributed by atoms with E-state index in [0.29, 0.717) is 17.0 Å². The van der Waals surface area contributed by atoms with Crippen molar-refractivity contribution in [2.24, 2.45) is 5.73 Å². The second kappa shape index (κ2) is 6.53. The number of aromatic nitrogens is 5. The number of aryl methyl sites for hydroxylation is 2. The number of amides is 1. The van der Waals surface area contributed by atoms with E-state index >= 15 is 0 Å². The third-order valence-corrected chi connectivity index (χ3v) is 4.27. The van der Waals surface area contributed by atoms with E-state index in [9.17, 15) is 4.79 Å². The van der Waals surface area contributed by atoms with Crippen LogP contribution in [-0.2, 0) is 4.79 Å². The Balaban J connectivity index is 1.73. The van der Waals surface area contributed by atoms with Gasteiger partial charge in [-0.25, -0.2) is 9.67 Å². The Morgan fingerprint density at radius 3 is 2.67 bits per heavy atom. The van der Waals surface area contributed by atoms with Crippen molar-refractivity contribution in [1.82, 2.24) is 25.0 Å². The topological polar surface area (TPSA) is 102 Å². The predicted molar refractivity (Wildman–Crippen MR) is 104 cm³/mol. The highest BCUT2D eigenvalue weighted by molar-refractivity contribution is 6.22. The lowest BCUT2D eigenvalue weighted by atomic mass is 10.1. The molecule has 2 aromatic heterocycles. The maximum atomic E-state index is 12.0. The molecule has 0 saturated carbocycles. The quantitative estimate of drug-likeness (QED) is 0.548. The fraction of sp³-hybridized carbons (Fsp3) is 0.100. The van der Waals surface area contributed by atoms with E-state index in [1.165, 1.54) is 4.68 Å². The van der Waals surface area contributed by atoms with Crippen LogP contribution in [0.15, 0.2) is 48.9 Å². The first-order valence-electron chi connectivity index (χ1n) is 8.44. The molecule has 0 aliphatic carbocycles. The van der Waals surface area contributed by atoms with E-state index in [1.807, 2.05) is 44.2 Å². The Morgan fingerprint density at radius 1 is 1.15 bits per heavy atom. The number of primary amides is 1. The van der Waals surface area contributed by atoms with Gasteiger partial charge in [-0.3, -0.25) is 9.89 Å². The fourth-order valence-corrected chi connectivity index (χ4v) is 3.09. The number of hydrogen-bond donors (Lipinski definition) is 2. The van der Waals surface area contributed by atoms with Gasteiger partial charge in [0.1, 0.15) is 6.33 Å². The first-order chi connectivity index (χ1) is 13.0. The van der Waals surface area contributed by atoms with Crippen molar-refractivity contribution in [3.05, 3.63) is 65.6 Å². The number of H-pyrrole nitrogens is 1. The van der Waals surface area contributed by atoms with Crippen molar-refractivity contribution in [3.8, 4) is 11.4 Å². The molecule has 134 valence electrons. The number of fused-ring (bicyclic) bond motifs is 1. The van der Waals surface area contributed by atoms with Gasteiger partial charge < -0.3 is 5.73 Å². The van der Waals surface area contributed by atoms with Crippen LogP contribution in [0.1, 0.15) is 16.7 Å². The average molecular weight is 358 g/mol. The summed E-state index contributed by atoms with van der Waals surface area (Å²) in [6.07, 6.45) is 4.87. The molecule has 4 rings (SSSR count). The van der Waals surface area contributed by atoms with Crippen molar-refractivity contribution in [2.45, 2.75) is 13.8 Å². The molecule has 0 fully saturated rings. The molecule has 0 bridgehead atoms. The van der Waals surface area contributed by atoms with Gasteiger partial charge >= 0.3 is 0 Å². The van der Waals surface area contributed by atoms with E-state index in [0.717, 1.165) is 27.6 Å². The van der Waals surface area contributed by atoms with Crippen LogP contribution in [0.5, 0.6) is 0 Å². The summed E-state index contributed by atoms with van der Waals surface area (Å²) in [5.41, 5.74) is 10.7. The van der Waals surface area contributed by atoms with Crippen molar-refractivity contribution >= 4 is 28.6 Å². The summed E-state index contributed by atoms with van der Waals surface area (Å²) in [6, 6.07) is 11.7. The SMILES string of the molecule is Cc1cc(C)cc(-c2ncn(C=C(C(N)=O)c3ccc4cn[nH]c4c3)n2)c1. The average Bonchev–Trinajstić information content (AvgIpc) is 3.27.